The molecule has 222 valence electrons. The van der Waals surface area contributed by atoms with Crippen LogP contribution in [0, 0.1) is 5.92 Å². The maximum absolute atomic E-state index is 12.4. The Morgan fingerprint density at radius 3 is 2.15 bits per heavy atom. The first-order valence-electron chi connectivity index (χ1n) is 11.8. The van der Waals surface area contributed by atoms with Gasteiger partial charge in [-0.2, -0.15) is 26.3 Å². The highest BCUT2D eigenvalue weighted by molar-refractivity contribution is 5.81. The zero-order valence-electron chi connectivity index (χ0n) is 20.8. The third kappa shape index (κ3) is 11.2. The first kappa shape index (κ1) is 32.6. The molecular formula is C24H27F6N3O7. The van der Waals surface area contributed by atoms with Crippen molar-refractivity contribution in [1.82, 2.24) is 15.2 Å². The van der Waals surface area contributed by atoms with Crippen molar-refractivity contribution < 1.29 is 60.1 Å². The van der Waals surface area contributed by atoms with Crippen molar-refractivity contribution in [1.29, 1.82) is 0 Å². The van der Waals surface area contributed by atoms with E-state index in [1.165, 1.54) is 5.56 Å². The van der Waals surface area contributed by atoms with Gasteiger partial charge in [0.05, 0.1) is 18.9 Å². The number of ether oxygens (including phenoxy) is 1. The molecule has 2 fully saturated rings. The molecule has 0 spiro atoms. The lowest BCUT2D eigenvalue weighted by Crippen LogP contribution is -2.42. The van der Waals surface area contributed by atoms with Crippen molar-refractivity contribution in [2.24, 2.45) is 5.92 Å². The number of nitrogens with one attached hydrogen (secondary N) is 1. The SMILES string of the molecule is O=C(NCCc1ccncc1)[C@H]1C[C@@H]2CCN(Cc3ccco3)C[C@H]2O1.O=C(O)C(F)(F)F.O=C(O)C(F)(F)F. The lowest BCUT2D eigenvalue weighted by atomic mass is 9.91. The molecule has 4 heterocycles. The van der Waals surface area contributed by atoms with E-state index in [1.807, 2.05) is 24.3 Å². The van der Waals surface area contributed by atoms with E-state index in [4.69, 9.17) is 29.0 Å². The molecule has 10 nitrogen and oxygen atoms in total. The fourth-order valence-corrected chi connectivity index (χ4v) is 3.92. The fraction of sp³-hybridized carbons (Fsp3) is 0.500. The van der Waals surface area contributed by atoms with Crippen LogP contribution in [0.25, 0.3) is 0 Å². The van der Waals surface area contributed by atoms with E-state index in [0.29, 0.717) is 12.5 Å². The normalized spacial score (nSPS) is 20.7. The molecule has 0 saturated carbocycles. The Hall–Kier alpha value is -3.66. The molecule has 3 N–H and O–H groups in total. The number of pyridine rings is 1. The van der Waals surface area contributed by atoms with E-state index in [9.17, 15) is 31.1 Å². The van der Waals surface area contributed by atoms with Crippen molar-refractivity contribution >= 4 is 17.8 Å². The van der Waals surface area contributed by atoms with Crippen LogP contribution in [0.2, 0.25) is 0 Å². The number of carboxylic acid groups (broad SMARTS) is 2. The molecular weight excluding hydrogens is 556 g/mol. The van der Waals surface area contributed by atoms with Crippen molar-refractivity contribution in [3.63, 3.8) is 0 Å². The Labute approximate surface area is 223 Å². The van der Waals surface area contributed by atoms with Gasteiger partial charge >= 0.3 is 24.3 Å². The number of halogens is 6. The Bertz CT molecular complexity index is 1060. The summed E-state index contributed by atoms with van der Waals surface area (Å²) >= 11 is 0. The van der Waals surface area contributed by atoms with Gasteiger partial charge in [0.15, 0.2) is 0 Å². The number of carbonyl (C=O) groups is 3. The summed E-state index contributed by atoms with van der Waals surface area (Å²) in [5.74, 6) is -4.03. The summed E-state index contributed by atoms with van der Waals surface area (Å²) in [6.07, 6.45) is -2.36. The average molecular weight is 583 g/mol. The minimum Gasteiger partial charge on any atom is -0.475 e. The molecule has 3 atom stereocenters. The first-order chi connectivity index (χ1) is 18.7. The van der Waals surface area contributed by atoms with Gasteiger partial charge in [-0.1, -0.05) is 0 Å². The Kier molecular flexibility index (Phi) is 11.9. The van der Waals surface area contributed by atoms with Gasteiger partial charge in [-0.05, 0) is 61.6 Å². The number of furan rings is 1. The molecule has 2 saturated heterocycles. The Balaban J connectivity index is 0.000000333. The molecule has 2 aliphatic rings. The van der Waals surface area contributed by atoms with Crippen LogP contribution in [-0.2, 0) is 32.1 Å². The van der Waals surface area contributed by atoms with E-state index in [0.717, 1.165) is 44.7 Å². The first-order valence-corrected chi connectivity index (χ1v) is 11.8. The highest BCUT2D eigenvalue weighted by Crippen LogP contribution is 2.33. The predicted molar refractivity (Wildman–Crippen MR) is 124 cm³/mol. The Morgan fingerprint density at radius 1 is 1.02 bits per heavy atom. The second-order valence-electron chi connectivity index (χ2n) is 8.76. The van der Waals surface area contributed by atoms with Crippen LogP contribution >= 0.6 is 0 Å². The number of hydrogen-bond acceptors (Lipinski definition) is 7. The highest BCUT2D eigenvalue weighted by atomic mass is 19.4. The van der Waals surface area contributed by atoms with Crippen molar-refractivity contribution in [3.8, 4) is 0 Å². The molecule has 0 bridgehead atoms. The van der Waals surface area contributed by atoms with Gasteiger partial charge in [0.1, 0.15) is 11.9 Å². The van der Waals surface area contributed by atoms with Gasteiger partial charge in [0.2, 0.25) is 5.91 Å². The molecule has 2 aromatic heterocycles. The number of carboxylic acids is 2. The summed E-state index contributed by atoms with van der Waals surface area (Å²) in [5, 5.41) is 17.3. The van der Waals surface area contributed by atoms with Crippen LogP contribution in [-0.4, -0.2) is 82.1 Å². The number of carbonyl (C=O) groups excluding carboxylic acids is 1. The molecule has 0 aliphatic carbocycles. The van der Waals surface area contributed by atoms with Crippen LogP contribution in [0.3, 0.4) is 0 Å². The minimum atomic E-state index is -5.08. The minimum absolute atomic E-state index is 0.0195. The molecule has 0 unspecified atom stereocenters. The van der Waals surface area contributed by atoms with Crippen LogP contribution in [0.1, 0.15) is 24.2 Å². The maximum atomic E-state index is 12.4. The third-order valence-corrected chi connectivity index (χ3v) is 5.84. The largest absolute Gasteiger partial charge is 0.490 e. The number of hydrogen-bond donors (Lipinski definition) is 3. The summed E-state index contributed by atoms with van der Waals surface area (Å²) in [5.41, 5.74) is 1.18. The molecule has 40 heavy (non-hydrogen) atoms. The van der Waals surface area contributed by atoms with Crippen LogP contribution in [0.15, 0.2) is 47.3 Å². The Morgan fingerprint density at radius 2 is 1.62 bits per heavy atom. The number of rotatable bonds is 6. The highest BCUT2D eigenvalue weighted by Gasteiger charge is 2.42. The number of likely N-dealkylation sites (tertiary alicyclic amines) is 1. The van der Waals surface area contributed by atoms with Gasteiger partial charge in [-0.15, -0.1) is 0 Å². The molecule has 0 aromatic carbocycles. The second kappa shape index (κ2) is 14.6. The number of nitrogens with zero attached hydrogens (tertiary/aromatic N) is 2. The van der Waals surface area contributed by atoms with Crippen molar-refractivity contribution in [3.05, 3.63) is 54.2 Å². The molecule has 16 heteroatoms. The number of fused-ring (bicyclic) bond motifs is 1. The monoisotopic (exact) mass is 583 g/mol. The van der Waals surface area contributed by atoms with Crippen LogP contribution in [0.5, 0.6) is 0 Å². The van der Waals surface area contributed by atoms with Gasteiger partial charge < -0.3 is 24.7 Å². The molecule has 2 aromatic rings. The standard InChI is InChI=1S/C20H25N3O3.2C2HF3O2/c24-20(22-9-5-15-3-7-21-8-4-15)18-12-16-6-10-23(14-19(16)26-18)13-17-2-1-11-25-17;2*3-2(4,5)1(6)7/h1-4,7-8,11,16,18-19H,5-6,9-10,12-14H2,(H,22,24);2*(H,6,7)/t16-,18+,19+;;/m0../s1. The van der Waals surface area contributed by atoms with Gasteiger partial charge in [0, 0.05) is 25.5 Å². The fourth-order valence-electron chi connectivity index (χ4n) is 3.92. The quantitative estimate of drug-likeness (QED) is 0.437. The van der Waals surface area contributed by atoms with Crippen molar-refractivity contribution in [2.45, 2.75) is 50.4 Å². The summed E-state index contributed by atoms with van der Waals surface area (Å²) in [6.45, 7) is 3.33. The zero-order valence-corrected chi connectivity index (χ0v) is 20.8. The zero-order chi connectivity index (χ0) is 29.9. The van der Waals surface area contributed by atoms with Gasteiger partial charge in [0.25, 0.3) is 0 Å². The number of alkyl halides is 6. The van der Waals surface area contributed by atoms with E-state index < -0.39 is 24.3 Å². The van der Waals surface area contributed by atoms with Gasteiger partial charge in [-0.25, -0.2) is 9.59 Å². The number of piperidine rings is 1. The molecule has 2 aliphatic heterocycles. The molecule has 0 radical (unpaired) electrons. The lowest BCUT2D eigenvalue weighted by Gasteiger charge is -2.33. The van der Waals surface area contributed by atoms with E-state index in [1.54, 1.807) is 18.7 Å². The second-order valence-corrected chi connectivity index (χ2v) is 8.76. The van der Waals surface area contributed by atoms with Gasteiger partial charge in [-0.3, -0.25) is 14.7 Å². The third-order valence-electron chi connectivity index (χ3n) is 5.84. The number of aromatic nitrogens is 1. The van der Waals surface area contributed by atoms with E-state index >= 15 is 0 Å². The number of amides is 1. The van der Waals surface area contributed by atoms with E-state index in [-0.39, 0.29) is 18.1 Å². The summed E-state index contributed by atoms with van der Waals surface area (Å²) < 4.78 is 75.0. The summed E-state index contributed by atoms with van der Waals surface area (Å²) in [6, 6.07) is 7.86. The van der Waals surface area contributed by atoms with Crippen LogP contribution < -0.4 is 5.32 Å². The summed E-state index contributed by atoms with van der Waals surface area (Å²) in [7, 11) is 0. The number of aliphatic carboxylic acids is 2. The molecule has 1 amide bonds. The van der Waals surface area contributed by atoms with Crippen LogP contribution in [0.4, 0.5) is 26.3 Å². The lowest BCUT2D eigenvalue weighted by molar-refractivity contribution is -0.193. The average Bonchev–Trinajstić information content (AvgIpc) is 3.54. The van der Waals surface area contributed by atoms with E-state index in [2.05, 4.69) is 15.2 Å². The predicted octanol–water partition coefficient (Wildman–Crippen LogP) is 3.28. The topological polar surface area (TPSA) is 142 Å². The molecule has 4 rings (SSSR count). The smallest absolute Gasteiger partial charge is 0.475 e. The maximum Gasteiger partial charge on any atom is 0.490 e. The van der Waals surface area contributed by atoms with Crippen molar-refractivity contribution in [2.75, 3.05) is 19.6 Å². The summed E-state index contributed by atoms with van der Waals surface area (Å²) in [4.78, 5) is 36.6.